The van der Waals surface area contributed by atoms with E-state index in [2.05, 4.69) is 9.71 Å². The summed E-state index contributed by atoms with van der Waals surface area (Å²) in [6.45, 7) is 0.556. The van der Waals surface area contributed by atoms with Gasteiger partial charge in [-0.15, -0.1) is 0 Å². The van der Waals surface area contributed by atoms with Gasteiger partial charge in [-0.2, -0.15) is 8.78 Å². The van der Waals surface area contributed by atoms with Gasteiger partial charge in [0, 0.05) is 31.0 Å². The number of halogens is 2. The zero-order valence-electron chi connectivity index (χ0n) is 14.6. The number of imidazole rings is 1. The van der Waals surface area contributed by atoms with E-state index in [0.717, 1.165) is 6.20 Å². The monoisotopic (exact) mass is 386 g/mol. The molecule has 0 aliphatic rings. The highest BCUT2D eigenvalue weighted by Gasteiger charge is 2.19. The number of amides is 1. The van der Waals surface area contributed by atoms with E-state index in [-0.39, 0.29) is 28.9 Å². The third kappa shape index (κ3) is 4.64. The van der Waals surface area contributed by atoms with E-state index in [0.29, 0.717) is 4.57 Å². The zero-order chi connectivity index (χ0) is 19.5. The van der Waals surface area contributed by atoms with E-state index in [1.165, 1.54) is 42.4 Å². The molecule has 1 amide bonds. The van der Waals surface area contributed by atoms with Gasteiger partial charge in [0.25, 0.3) is 5.91 Å². The van der Waals surface area contributed by atoms with Crippen LogP contribution in [-0.4, -0.2) is 41.9 Å². The summed E-state index contributed by atoms with van der Waals surface area (Å²) in [6.07, 6.45) is 2.38. The lowest BCUT2D eigenvalue weighted by Gasteiger charge is -2.18. The lowest BCUT2D eigenvalue weighted by Crippen LogP contribution is -2.30. The maximum absolute atomic E-state index is 12.8. The lowest BCUT2D eigenvalue weighted by molar-refractivity contribution is 0.0612. The van der Waals surface area contributed by atoms with Gasteiger partial charge in [0.2, 0.25) is 10.0 Å². The fraction of sp³-hybridized carbons (Fsp3) is 0.375. The summed E-state index contributed by atoms with van der Waals surface area (Å²) < 4.78 is 53.0. The van der Waals surface area contributed by atoms with Crippen LogP contribution in [0.25, 0.3) is 0 Å². The van der Waals surface area contributed by atoms with Crippen molar-refractivity contribution in [2.75, 3.05) is 7.05 Å². The Labute approximate surface area is 150 Å². The normalized spacial score (nSPS) is 12.0. The zero-order valence-corrected chi connectivity index (χ0v) is 15.4. The van der Waals surface area contributed by atoms with Gasteiger partial charge < -0.3 is 4.90 Å². The van der Waals surface area contributed by atoms with Crippen LogP contribution in [-0.2, 0) is 16.6 Å². The Morgan fingerprint density at radius 1 is 1.27 bits per heavy atom. The first-order valence-electron chi connectivity index (χ1n) is 7.79. The van der Waals surface area contributed by atoms with Crippen LogP contribution in [0.3, 0.4) is 0 Å². The second-order valence-corrected chi connectivity index (χ2v) is 7.70. The standard InChI is InChI=1S/C16H20F2N4O3S/c1-11(2)20-26(24,25)13-6-4-12(5-7-13)15(23)21(3)10-14-19-8-9-22(14)16(17)18/h4-9,11,16,20H,10H2,1-3H3. The van der Waals surface area contributed by atoms with Gasteiger partial charge in [0.15, 0.2) is 0 Å². The van der Waals surface area contributed by atoms with Gasteiger partial charge >= 0.3 is 6.55 Å². The van der Waals surface area contributed by atoms with Crippen LogP contribution in [0, 0.1) is 0 Å². The molecule has 0 spiro atoms. The first-order valence-corrected chi connectivity index (χ1v) is 9.28. The summed E-state index contributed by atoms with van der Waals surface area (Å²) in [4.78, 5) is 17.5. The predicted octanol–water partition coefficient (Wildman–Crippen LogP) is 2.24. The van der Waals surface area contributed by atoms with Crippen LogP contribution in [0.15, 0.2) is 41.6 Å². The number of aromatic nitrogens is 2. The minimum atomic E-state index is -3.65. The van der Waals surface area contributed by atoms with Gasteiger partial charge in [-0.25, -0.2) is 18.1 Å². The molecule has 0 bridgehead atoms. The summed E-state index contributed by atoms with van der Waals surface area (Å²) in [5, 5.41) is 0. The fourth-order valence-electron chi connectivity index (χ4n) is 2.30. The molecule has 2 aromatic rings. The molecule has 1 heterocycles. The molecule has 0 fully saturated rings. The Balaban J connectivity index is 2.13. The molecule has 26 heavy (non-hydrogen) atoms. The summed E-state index contributed by atoms with van der Waals surface area (Å²) in [5.41, 5.74) is 0.242. The largest absolute Gasteiger partial charge is 0.334 e. The maximum atomic E-state index is 12.8. The number of benzene rings is 1. The molecular weight excluding hydrogens is 366 g/mol. The van der Waals surface area contributed by atoms with Crippen molar-refractivity contribution in [2.24, 2.45) is 0 Å². The number of carbonyl (C=O) groups is 1. The Morgan fingerprint density at radius 3 is 2.42 bits per heavy atom. The van der Waals surface area contributed by atoms with Crippen molar-refractivity contribution in [3.8, 4) is 0 Å². The van der Waals surface area contributed by atoms with Crippen LogP contribution < -0.4 is 4.72 Å². The Bertz CT molecular complexity index is 864. The molecular formula is C16H20F2N4O3S. The number of rotatable bonds is 7. The topological polar surface area (TPSA) is 84.3 Å². The molecule has 10 heteroatoms. The number of hydrogen-bond acceptors (Lipinski definition) is 4. The van der Waals surface area contributed by atoms with Crippen molar-refractivity contribution in [2.45, 2.75) is 37.9 Å². The highest BCUT2D eigenvalue weighted by atomic mass is 32.2. The van der Waals surface area contributed by atoms with Gasteiger partial charge in [-0.3, -0.25) is 9.36 Å². The number of nitrogens with one attached hydrogen (secondary N) is 1. The Morgan fingerprint density at radius 2 is 1.88 bits per heavy atom. The van der Waals surface area contributed by atoms with Gasteiger partial charge in [-0.05, 0) is 38.1 Å². The molecule has 0 saturated heterocycles. The first kappa shape index (κ1) is 20.0. The van der Waals surface area contributed by atoms with Crippen LogP contribution in [0.1, 0.15) is 36.6 Å². The molecule has 1 aromatic heterocycles. The van der Waals surface area contributed by atoms with Crippen LogP contribution in [0.2, 0.25) is 0 Å². The van der Waals surface area contributed by atoms with E-state index >= 15 is 0 Å². The third-order valence-electron chi connectivity index (χ3n) is 3.49. The predicted molar refractivity (Wildman–Crippen MR) is 91.2 cm³/mol. The molecule has 0 aliphatic carbocycles. The smallest absolute Gasteiger partial charge is 0.319 e. The number of hydrogen-bond donors (Lipinski definition) is 1. The highest BCUT2D eigenvalue weighted by Crippen LogP contribution is 2.16. The average molecular weight is 386 g/mol. The molecule has 7 nitrogen and oxygen atoms in total. The summed E-state index contributed by atoms with van der Waals surface area (Å²) in [5.74, 6) is -0.384. The number of sulfonamides is 1. The molecule has 142 valence electrons. The molecule has 1 N–H and O–H groups in total. The third-order valence-corrected chi connectivity index (χ3v) is 5.16. The molecule has 2 rings (SSSR count). The van der Waals surface area contributed by atoms with Crippen LogP contribution in [0.5, 0.6) is 0 Å². The van der Waals surface area contributed by atoms with Crippen molar-refractivity contribution >= 4 is 15.9 Å². The van der Waals surface area contributed by atoms with Crippen molar-refractivity contribution < 1.29 is 22.0 Å². The molecule has 0 atom stereocenters. The van der Waals surface area contributed by atoms with Crippen LogP contribution >= 0.6 is 0 Å². The van der Waals surface area contributed by atoms with Crippen molar-refractivity contribution in [3.63, 3.8) is 0 Å². The van der Waals surface area contributed by atoms with Crippen molar-refractivity contribution in [1.29, 1.82) is 0 Å². The van der Waals surface area contributed by atoms with Crippen LogP contribution in [0.4, 0.5) is 8.78 Å². The second kappa shape index (κ2) is 7.92. The van der Waals surface area contributed by atoms with Gasteiger partial charge in [0.1, 0.15) is 5.82 Å². The van der Waals surface area contributed by atoms with E-state index in [9.17, 15) is 22.0 Å². The summed E-state index contributed by atoms with van der Waals surface area (Å²) >= 11 is 0. The fourth-order valence-corrected chi connectivity index (χ4v) is 3.55. The molecule has 1 aromatic carbocycles. The maximum Gasteiger partial charge on any atom is 0.319 e. The van der Waals surface area contributed by atoms with E-state index < -0.39 is 22.5 Å². The minimum Gasteiger partial charge on any atom is -0.334 e. The molecule has 0 saturated carbocycles. The van der Waals surface area contributed by atoms with E-state index in [1.807, 2.05) is 0 Å². The van der Waals surface area contributed by atoms with Gasteiger partial charge in [0.05, 0.1) is 11.4 Å². The summed E-state index contributed by atoms with van der Waals surface area (Å²) in [6, 6.07) is 5.16. The number of carbonyl (C=O) groups excluding carboxylic acids is 1. The SMILES string of the molecule is CC(C)NS(=O)(=O)c1ccc(C(=O)N(C)Cc2nccn2C(F)F)cc1. The molecule has 0 unspecified atom stereocenters. The quantitative estimate of drug-likeness (QED) is 0.791. The average Bonchev–Trinajstić information content (AvgIpc) is 3.01. The minimum absolute atomic E-state index is 0.0404. The van der Waals surface area contributed by atoms with E-state index in [4.69, 9.17) is 0 Å². The first-order chi connectivity index (χ1) is 12.1. The molecule has 0 aliphatic heterocycles. The van der Waals surface area contributed by atoms with Gasteiger partial charge in [-0.1, -0.05) is 0 Å². The summed E-state index contributed by atoms with van der Waals surface area (Å²) in [7, 11) is -2.19. The number of nitrogens with zero attached hydrogens (tertiary/aromatic N) is 3. The molecule has 0 radical (unpaired) electrons. The Hall–Kier alpha value is -2.33. The highest BCUT2D eigenvalue weighted by molar-refractivity contribution is 7.89. The second-order valence-electron chi connectivity index (χ2n) is 5.99. The van der Waals surface area contributed by atoms with Crippen molar-refractivity contribution in [1.82, 2.24) is 19.2 Å². The number of alkyl halides is 2. The lowest BCUT2D eigenvalue weighted by atomic mass is 10.2. The van der Waals surface area contributed by atoms with E-state index in [1.54, 1.807) is 13.8 Å². The Kier molecular flexibility index (Phi) is 6.09. The van der Waals surface area contributed by atoms with Crippen molar-refractivity contribution in [3.05, 3.63) is 48.0 Å².